The van der Waals surface area contributed by atoms with Gasteiger partial charge >= 0.3 is 6.18 Å². The van der Waals surface area contributed by atoms with Gasteiger partial charge in [-0.05, 0) is 18.6 Å². The molecule has 98 valence electrons. The van der Waals surface area contributed by atoms with Crippen LogP contribution in [0.25, 0.3) is 0 Å². The zero-order valence-electron chi connectivity index (χ0n) is 9.62. The second-order valence-corrected chi connectivity index (χ2v) is 3.47. The molecule has 0 saturated heterocycles. The topological polar surface area (TPSA) is 69.3 Å². The molecule has 0 aliphatic rings. The second kappa shape index (κ2) is 5.72. The van der Waals surface area contributed by atoms with Crippen molar-refractivity contribution in [1.29, 1.82) is 5.41 Å². The quantitative estimate of drug-likeness (QED) is 0.645. The molecule has 0 unspecified atom stereocenters. The zero-order valence-corrected chi connectivity index (χ0v) is 9.62. The van der Waals surface area contributed by atoms with Crippen LogP contribution in [-0.4, -0.2) is 28.2 Å². The van der Waals surface area contributed by atoms with Gasteiger partial charge in [-0.25, -0.2) is 4.99 Å². The first kappa shape index (κ1) is 14.3. The van der Waals surface area contributed by atoms with Gasteiger partial charge in [0.05, 0.1) is 6.61 Å². The lowest BCUT2D eigenvalue weighted by molar-refractivity contribution is -0.141. The average Bonchev–Trinajstić information content (AvgIpc) is 2.34. The standard InChI is InChI=1S/C11H12F3N3O/c1-2-8(6-18)17-10(15)7-3-4-16-9(5-7)11(12,13)14/h3-5,15,18H,2,6H2,1H3. The van der Waals surface area contributed by atoms with E-state index in [1.165, 1.54) is 6.07 Å². The summed E-state index contributed by atoms with van der Waals surface area (Å²) in [5.74, 6) is -0.325. The molecule has 0 fully saturated rings. The number of hydrogen-bond donors (Lipinski definition) is 2. The van der Waals surface area contributed by atoms with Crippen molar-refractivity contribution in [2.45, 2.75) is 19.5 Å². The smallest absolute Gasteiger partial charge is 0.390 e. The van der Waals surface area contributed by atoms with Crippen LogP contribution in [-0.2, 0) is 6.18 Å². The minimum absolute atomic E-state index is 0.0109. The van der Waals surface area contributed by atoms with E-state index in [0.29, 0.717) is 12.1 Å². The lowest BCUT2D eigenvalue weighted by Gasteiger charge is -2.07. The Kier molecular flexibility index (Phi) is 4.55. The van der Waals surface area contributed by atoms with E-state index in [2.05, 4.69) is 9.98 Å². The fraction of sp³-hybridized carbons (Fsp3) is 0.364. The zero-order chi connectivity index (χ0) is 13.8. The van der Waals surface area contributed by atoms with Crippen LogP contribution in [0.15, 0.2) is 23.3 Å². The van der Waals surface area contributed by atoms with E-state index < -0.39 is 11.9 Å². The third kappa shape index (κ3) is 3.63. The molecule has 1 rings (SSSR count). The van der Waals surface area contributed by atoms with Gasteiger partial charge in [-0.3, -0.25) is 10.4 Å². The number of halogens is 3. The lowest BCUT2D eigenvalue weighted by Crippen LogP contribution is -2.11. The van der Waals surface area contributed by atoms with E-state index in [4.69, 9.17) is 10.5 Å². The highest BCUT2D eigenvalue weighted by atomic mass is 19.4. The van der Waals surface area contributed by atoms with E-state index in [1.807, 2.05) is 0 Å². The number of nitrogens with one attached hydrogen (secondary N) is 1. The Labute approximate surface area is 102 Å². The molecular formula is C11H12F3N3O. The molecule has 2 N–H and O–H groups in total. The van der Waals surface area contributed by atoms with Crippen LogP contribution in [0.4, 0.5) is 13.2 Å². The van der Waals surface area contributed by atoms with Crippen LogP contribution in [0.3, 0.4) is 0 Å². The summed E-state index contributed by atoms with van der Waals surface area (Å²) in [5, 5.41) is 16.5. The molecule has 1 heterocycles. The molecule has 0 spiro atoms. The molecule has 0 aliphatic carbocycles. The van der Waals surface area contributed by atoms with Gasteiger partial charge in [0, 0.05) is 17.5 Å². The van der Waals surface area contributed by atoms with Crippen LogP contribution in [0, 0.1) is 5.41 Å². The number of hydrogen-bond acceptors (Lipinski definition) is 3. The molecule has 0 radical (unpaired) electrons. The van der Waals surface area contributed by atoms with Crippen molar-refractivity contribution < 1.29 is 18.3 Å². The van der Waals surface area contributed by atoms with Crippen LogP contribution >= 0.6 is 0 Å². The van der Waals surface area contributed by atoms with Gasteiger partial charge in [0.2, 0.25) is 0 Å². The van der Waals surface area contributed by atoms with Crippen LogP contribution < -0.4 is 0 Å². The van der Waals surface area contributed by atoms with Crippen molar-refractivity contribution in [2.24, 2.45) is 4.99 Å². The van der Waals surface area contributed by atoms with Gasteiger partial charge in [0.25, 0.3) is 0 Å². The fourth-order valence-corrected chi connectivity index (χ4v) is 1.18. The third-order valence-corrected chi connectivity index (χ3v) is 2.18. The van der Waals surface area contributed by atoms with Crippen molar-refractivity contribution in [1.82, 2.24) is 4.98 Å². The van der Waals surface area contributed by atoms with Crippen molar-refractivity contribution in [3.8, 4) is 0 Å². The summed E-state index contributed by atoms with van der Waals surface area (Å²) in [5.41, 5.74) is -0.718. The first-order valence-corrected chi connectivity index (χ1v) is 5.18. The predicted octanol–water partition coefficient (Wildman–Crippen LogP) is 2.27. The normalized spacial score (nSPS) is 12.6. The Morgan fingerprint density at radius 2 is 2.17 bits per heavy atom. The molecule has 1 aromatic heterocycles. The highest BCUT2D eigenvalue weighted by molar-refractivity contribution is 6.05. The molecule has 0 atom stereocenters. The SMILES string of the molecule is CCC(CO)=NC(=N)c1ccnc(C(F)(F)F)c1. The summed E-state index contributed by atoms with van der Waals surface area (Å²) in [6.07, 6.45) is -3.15. The van der Waals surface area contributed by atoms with Gasteiger partial charge in [-0.2, -0.15) is 13.2 Å². The number of rotatable bonds is 3. The monoisotopic (exact) mass is 259 g/mol. The Bertz CT molecular complexity index is 463. The minimum Gasteiger partial charge on any atom is -0.390 e. The molecule has 0 aliphatic heterocycles. The maximum atomic E-state index is 12.4. The number of aromatic nitrogens is 1. The Morgan fingerprint density at radius 3 is 2.67 bits per heavy atom. The molecular weight excluding hydrogens is 247 g/mol. The number of aliphatic imine (C=N–C) groups is 1. The number of nitrogens with zero attached hydrogens (tertiary/aromatic N) is 2. The Hall–Kier alpha value is -1.76. The molecule has 7 heteroatoms. The first-order valence-electron chi connectivity index (χ1n) is 5.18. The van der Waals surface area contributed by atoms with Crippen molar-refractivity contribution in [2.75, 3.05) is 6.61 Å². The second-order valence-electron chi connectivity index (χ2n) is 3.47. The molecule has 1 aromatic rings. The number of amidine groups is 1. The van der Waals surface area contributed by atoms with E-state index in [0.717, 1.165) is 12.3 Å². The molecule has 0 amide bonds. The van der Waals surface area contributed by atoms with Crippen LogP contribution in [0.2, 0.25) is 0 Å². The molecule has 0 saturated carbocycles. The van der Waals surface area contributed by atoms with E-state index in [-0.39, 0.29) is 18.0 Å². The van der Waals surface area contributed by atoms with Crippen LogP contribution in [0.1, 0.15) is 24.6 Å². The maximum absolute atomic E-state index is 12.4. The van der Waals surface area contributed by atoms with Crippen molar-refractivity contribution in [3.63, 3.8) is 0 Å². The predicted molar refractivity (Wildman–Crippen MR) is 60.9 cm³/mol. The number of alkyl halides is 3. The third-order valence-electron chi connectivity index (χ3n) is 2.18. The summed E-state index contributed by atoms with van der Waals surface area (Å²) in [6.45, 7) is 1.41. The largest absolute Gasteiger partial charge is 0.433 e. The molecule has 0 bridgehead atoms. The molecule has 4 nitrogen and oxygen atoms in total. The van der Waals surface area contributed by atoms with Crippen molar-refractivity contribution in [3.05, 3.63) is 29.6 Å². The van der Waals surface area contributed by atoms with E-state index >= 15 is 0 Å². The minimum atomic E-state index is -4.55. The summed E-state index contributed by atoms with van der Waals surface area (Å²) in [7, 11) is 0. The highest BCUT2D eigenvalue weighted by Crippen LogP contribution is 2.27. The van der Waals surface area contributed by atoms with Crippen molar-refractivity contribution >= 4 is 11.5 Å². The summed E-state index contributed by atoms with van der Waals surface area (Å²) in [6, 6.07) is 2.03. The fourth-order valence-electron chi connectivity index (χ4n) is 1.18. The van der Waals surface area contributed by atoms with Crippen LogP contribution in [0.5, 0.6) is 0 Å². The number of pyridine rings is 1. The number of aliphatic hydroxyl groups excluding tert-OH is 1. The molecule has 18 heavy (non-hydrogen) atoms. The Morgan fingerprint density at radius 1 is 1.50 bits per heavy atom. The van der Waals surface area contributed by atoms with E-state index in [9.17, 15) is 13.2 Å². The average molecular weight is 259 g/mol. The first-order chi connectivity index (χ1) is 8.38. The summed E-state index contributed by atoms with van der Waals surface area (Å²) >= 11 is 0. The van der Waals surface area contributed by atoms with Gasteiger partial charge < -0.3 is 5.11 Å². The maximum Gasteiger partial charge on any atom is 0.433 e. The highest BCUT2D eigenvalue weighted by Gasteiger charge is 2.32. The van der Waals surface area contributed by atoms with Gasteiger partial charge in [0.1, 0.15) is 5.69 Å². The van der Waals surface area contributed by atoms with Gasteiger partial charge in [-0.1, -0.05) is 6.92 Å². The summed E-state index contributed by atoms with van der Waals surface area (Å²) < 4.78 is 37.3. The van der Waals surface area contributed by atoms with Gasteiger partial charge in [-0.15, -0.1) is 0 Å². The number of aliphatic hydroxyl groups is 1. The lowest BCUT2D eigenvalue weighted by atomic mass is 10.2. The Balaban J connectivity index is 3.04. The molecule has 0 aromatic carbocycles. The van der Waals surface area contributed by atoms with E-state index in [1.54, 1.807) is 6.92 Å². The summed E-state index contributed by atoms with van der Waals surface area (Å²) in [4.78, 5) is 6.95. The van der Waals surface area contributed by atoms with Gasteiger partial charge in [0.15, 0.2) is 5.84 Å².